The van der Waals surface area contributed by atoms with Gasteiger partial charge in [0.25, 0.3) is 0 Å². The number of anilines is 3. The molecule has 0 fully saturated rings. The first kappa shape index (κ1) is 16.5. The van der Waals surface area contributed by atoms with E-state index in [1.807, 2.05) is 0 Å². The van der Waals surface area contributed by atoms with E-state index in [1.165, 1.54) is 0 Å². The Hall–Kier alpha value is -4.01. The second kappa shape index (κ2) is 6.71. The number of hydrogen-bond acceptors (Lipinski definition) is 8. The fraction of sp³-hybridized carbons (Fsp3) is 0.0556. The van der Waals surface area contributed by atoms with E-state index in [1.54, 1.807) is 48.8 Å². The number of phenolic OH excluding ortho intramolecular Hbond substituents is 1. The third-order valence-electron chi connectivity index (χ3n) is 4.11. The fourth-order valence-electron chi connectivity index (χ4n) is 2.90. The van der Waals surface area contributed by atoms with Gasteiger partial charge in [-0.25, -0.2) is 0 Å². The summed E-state index contributed by atoms with van der Waals surface area (Å²) in [7, 11) is 0. The lowest BCUT2D eigenvalue weighted by Crippen LogP contribution is -2.02. The van der Waals surface area contributed by atoms with Crippen LogP contribution in [0.4, 0.5) is 17.1 Å². The van der Waals surface area contributed by atoms with Gasteiger partial charge in [-0.2, -0.15) is 10.0 Å². The van der Waals surface area contributed by atoms with Crippen molar-refractivity contribution in [2.75, 3.05) is 11.1 Å². The van der Waals surface area contributed by atoms with Crippen LogP contribution in [0, 0.1) is 4.91 Å². The first-order chi connectivity index (χ1) is 13.2. The molecule has 0 unspecified atom stereocenters. The van der Waals surface area contributed by atoms with Crippen molar-refractivity contribution in [1.82, 2.24) is 20.2 Å². The zero-order chi connectivity index (χ0) is 18.8. The number of aromatic hydroxyl groups is 1. The van der Waals surface area contributed by atoms with E-state index in [4.69, 9.17) is 5.73 Å². The fourth-order valence-corrected chi connectivity index (χ4v) is 2.90. The van der Waals surface area contributed by atoms with Crippen LogP contribution in [0.25, 0.3) is 22.3 Å². The Balaban J connectivity index is 1.94. The summed E-state index contributed by atoms with van der Waals surface area (Å²) in [6, 6.07) is 10.1. The zero-order valence-corrected chi connectivity index (χ0v) is 14.0. The van der Waals surface area contributed by atoms with Crippen LogP contribution in [-0.2, 0) is 6.54 Å². The Labute approximate surface area is 153 Å². The molecule has 5 N–H and O–H groups in total. The third-order valence-corrected chi connectivity index (χ3v) is 4.11. The lowest BCUT2D eigenvalue weighted by Gasteiger charge is -2.11. The highest BCUT2D eigenvalue weighted by molar-refractivity contribution is 6.04. The van der Waals surface area contributed by atoms with Gasteiger partial charge in [0.2, 0.25) is 0 Å². The predicted octanol–water partition coefficient (Wildman–Crippen LogP) is 3.32. The number of nitrogens with two attached hydrogens (primary N) is 1. The number of nitrogen functional groups attached to an aromatic ring is 1. The third kappa shape index (κ3) is 3.01. The maximum atomic E-state index is 10.9. The Morgan fingerprint density at radius 2 is 2.00 bits per heavy atom. The van der Waals surface area contributed by atoms with Crippen LogP contribution in [0.3, 0.4) is 0 Å². The topological polar surface area (TPSA) is 142 Å². The van der Waals surface area contributed by atoms with Gasteiger partial charge in [-0.3, -0.25) is 4.98 Å². The van der Waals surface area contributed by atoms with Crippen LogP contribution in [0.15, 0.2) is 54.0 Å². The molecular formula is C18H15N7O2. The summed E-state index contributed by atoms with van der Waals surface area (Å²) < 4.78 is 0. The van der Waals surface area contributed by atoms with Crippen LogP contribution in [0.1, 0.15) is 5.69 Å². The average molecular weight is 361 g/mol. The van der Waals surface area contributed by atoms with E-state index in [9.17, 15) is 10.0 Å². The summed E-state index contributed by atoms with van der Waals surface area (Å²) >= 11 is 0. The average Bonchev–Trinajstić information content (AvgIpc) is 3.07. The molecule has 4 aromatic rings. The van der Waals surface area contributed by atoms with Crippen molar-refractivity contribution in [2.24, 2.45) is 5.18 Å². The van der Waals surface area contributed by atoms with Gasteiger partial charge in [-0.05, 0) is 36.4 Å². The van der Waals surface area contributed by atoms with Crippen LogP contribution in [0.5, 0.6) is 5.75 Å². The Bertz CT molecular complexity index is 1120. The van der Waals surface area contributed by atoms with Gasteiger partial charge in [-0.15, -0.1) is 5.10 Å². The summed E-state index contributed by atoms with van der Waals surface area (Å²) in [5, 5.41) is 24.6. The minimum absolute atomic E-state index is 0.155. The van der Waals surface area contributed by atoms with E-state index in [-0.39, 0.29) is 12.3 Å². The molecule has 0 atom stereocenters. The number of nitrogens with zero attached hydrogens (tertiary/aromatic N) is 4. The lowest BCUT2D eigenvalue weighted by molar-refractivity contribution is 0.475. The highest BCUT2D eigenvalue weighted by atomic mass is 16.3. The van der Waals surface area contributed by atoms with Crippen molar-refractivity contribution < 1.29 is 5.11 Å². The molecule has 3 aromatic heterocycles. The molecule has 4 rings (SSSR count). The van der Waals surface area contributed by atoms with Gasteiger partial charge >= 0.3 is 0 Å². The maximum Gasteiger partial charge on any atom is 0.162 e. The summed E-state index contributed by atoms with van der Waals surface area (Å²) in [5.41, 5.74) is 10.1. The molecule has 0 amide bonds. The molecule has 3 heterocycles. The quantitative estimate of drug-likeness (QED) is 0.315. The molecule has 0 aliphatic rings. The van der Waals surface area contributed by atoms with Crippen LogP contribution in [0.2, 0.25) is 0 Å². The van der Waals surface area contributed by atoms with E-state index in [2.05, 4.69) is 30.7 Å². The van der Waals surface area contributed by atoms with Crippen molar-refractivity contribution in [2.45, 2.75) is 6.54 Å². The summed E-state index contributed by atoms with van der Waals surface area (Å²) in [6.45, 7) is -0.155. The largest absolute Gasteiger partial charge is 0.508 e. The number of aromatic nitrogens is 4. The second-order valence-electron chi connectivity index (χ2n) is 5.85. The smallest absolute Gasteiger partial charge is 0.162 e. The number of aromatic amines is 1. The molecule has 0 saturated carbocycles. The van der Waals surface area contributed by atoms with E-state index < -0.39 is 0 Å². The van der Waals surface area contributed by atoms with E-state index >= 15 is 0 Å². The standard InChI is InChI=1S/C18H15N7O2/c19-12-2-1-7-20-17(12)15-14(9-22-27)24-25-18-16(15)13(8-21-18)23-10-3-5-11(26)6-4-10/h1-8,23,26H,9,19H2,(H,21,25). The highest BCUT2D eigenvalue weighted by Crippen LogP contribution is 2.37. The lowest BCUT2D eigenvalue weighted by atomic mass is 10.0. The molecule has 27 heavy (non-hydrogen) atoms. The van der Waals surface area contributed by atoms with Crippen molar-refractivity contribution in [1.29, 1.82) is 0 Å². The Morgan fingerprint density at radius 3 is 2.74 bits per heavy atom. The molecule has 0 aliphatic carbocycles. The number of pyridine rings is 1. The minimum atomic E-state index is -0.155. The molecule has 0 radical (unpaired) electrons. The van der Waals surface area contributed by atoms with Gasteiger partial charge in [0.15, 0.2) is 5.65 Å². The van der Waals surface area contributed by atoms with Crippen LogP contribution < -0.4 is 11.1 Å². The summed E-state index contributed by atoms with van der Waals surface area (Å²) in [4.78, 5) is 18.3. The van der Waals surface area contributed by atoms with Crippen molar-refractivity contribution in [3.8, 4) is 17.0 Å². The van der Waals surface area contributed by atoms with E-state index in [0.717, 1.165) is 5.69 Å². The number of nitroso groups, excluding NO2 is 1. The second-order valence-corrected chi connectivity index (χ2v) is 5.85. The van der Waals surface area contributed by atoms with Crippen LogP contribution >= 0.6 is 0 Å². The SMILES string of the molecule is Nc1cccnc1-c1c(CN=O)nnc2[nH]cc(Nc3ccc(O)cc3)c12. The zero-order valence-electron chi connectivity index (χ0n) is 14.0. The van der Waals surface area contributed by atoms with Gasteiger partial charge in [-0.1, -0.05) is 5.18 Å². The summed E-state index contributed by atoms with van der Waals surface area (Å²) in [6.07, 6.45) is 3.36. The van der Waals surface area contributed by atoms with Crippen molar-refractivity contribution >= 4 is 28.1 Å². The number of H-pyrrole nitrogens is 1. The predicted molar refractivity (Wildman–Crippen MR) is 102 cm³/mol. The molecular weight excluding hydrogens is 346 g/mol. The van der Waals surface area contributed by atoms with Crippen molar-refractivity contribution in [3.63, 3.8) is 0 Å². The molecule has 0 spiro atoms. The first-order valence-corrected chi connectivity index (χ1v) is 8.10. The Kier molecular flexibility index (Phi) is 4.09. The normalized spacial score (nSPS) is 10.8. The number of hydrogen-bond donors (Lipinski definition) is 4. The first-order valence-electron chi connectivity index (χ1n) is 8.10. The number of rotatable bonds is 5. The van der Waals surface area contributed by atoms with E-state index in [0.29, 0.717) is 39.4 Å². The monoisotopic (exact) mass is 361 g/mol. The van der Waals surface area contributed by atoms with Crippen molar-refractivity contribution in [3.05, 3.63) is 59.4 Å². The highest BCUT2D eigenvalue weighted by Gasteiger charge is 2.20. The molecule has 9 nitrogen and oxygen atoms in total. The number of benzene rings is 1. The molecule has 1 aromatic carbocycles. The van der Waals surface area contributed by atoms with Gasteiger partial charge in [0.1, 0.15) is 12.3 Å². The van der Waals surface area contributed by atoms with Gasteiger partial charge < -0.3 is 21.1 Å². The van der Waals surface area contributed by atoms with Crippen LogP contribution in [-0.4, -0.2) is 25.3 Å². The molecule has 134 valence electrons. The molecule has 0 saturated heterocycles. The molecule has 0 aliphatic heterocycles. The molecule has 9 heteroatoms. The number of phenols is 1. The number of fused-ring (bicyclic) bond motifs is 1. The minimum Gasteiger partial charge on any atom is -0.508 e. The summed E-state index contributed by atoms with van der Waals surface area (Å²) in [5.74, 6) is 0.173. The maximum absolute atomic E-state index is 10.9. The van der Waals surface area contributed by atoms with Gasteiger partial charge in [0.05, 0.1) is 28.1 Å². The Morgan fingerprint density at radius 1 is 1.19 bits per heavy atom. The number of nitrogens with one attached hydrogen (secondary N) is 2. The molecule has 0 bridgehead atoms. The van der Waals surface area contributed by atoms with Gasteiger partial charge in [0, 0.05) is 23.6 Å².